The summed E-state index contributed by atoms with van der Waals surface area (Å²) in [6, 6.07) is 13.5. The second-order valence-electron chi connectivity index (χ2n) is 6.14. The zero-order chi connectivity index (χ0) is 18.9. The summed E-state index contributed by atoms with van der Waals surface area (Å²) in [6.45, 7) is 2.52. The maximum atomic E-state index is 12.4. The van der Waals surface area contributed by atoms with E-state index in [9.17, 15) is 4.79 Å². The lowest BCUT2D eigenvalue weighted by atomic mass is 10.1. The zero-order valence-electron chi connectivity index (χ0n) is 15.3. The van der Waals surface area contributed by atoms with E-state index in [4.69, 9.17) is 4.74 Å². The molecule has 0 saturated heterocycles. The largest absolute Gasteiger partial charge is 0.494 e. The Balaban J connectivity index is 1.50. The molecule has 4 nitrogen and oxygen atoms in total. The van der Waals surface area contributed by atoms with Crippen molar-refractivity contribution in [2.24, 2.45) is 0 Å². The molecule has 5 heteroatoms. The van der Waals surface area contributed by atoms with Crippen molar-refractivity contribution in [3.63, 3.8) is 0 Å². The molecule has 0 saturated carbocycles. The van der Waals surface area contributed by atoms with Gasteiger partial charge in [0.1, 0.15) is 5.75 Å². The molecule has 1 N–H and O–H groups in total. The van der Waals surface area contributed by atoms with Gasteiger partial charge in [-0.2, -0.15) is 0 Å². The first-order valence-corrected chi connectivity index (χ1v) is 9.87. The van der Waals surface area contributed by atoms with E-state index in [1.807, 2.05) is 49.4 Å². The average Bonchev–Trinajstić information content (AvgIpc) is 3.12. The molecule has 0 spiro atoms. The van der Waals surface area contributed by atoms with Gasteiger partial charge in [-0.3, -0.25) is 4.79 Å². The number of ether oxygens (including phenoxy) is 1. The highest BCUT2D eigenvalue weighted by Gasteiger charge is 2.07. The Kier molecular flexibility index (Phi) is 6.84. The van der Waals surface area contributed by atoms with Gasteiger partial charge < -0.3 is 10.1 Å². The highest BCUT2D eigenvalue weighted by molar-refractivity contribution is 7.16. The van der Waals surface area contributed by atoms with Gasteiger partial charge >= 0.3 is 0 Å². The van der Waals surface area contributed by atoms with Crippen molar-refractivity contribution in [2.75, 3.05) is 11.9 Å². The number of rotatable bonds is 8. The Hall–Kier alpha value is -2.84. The minimum Gasteiger partial charge on any atom is -0.494 e. The van der Waals surface area contributed by atoms with Gasteiger partial charge in [0.25, 0.3) is 0 Å². The van der Waals surface area contributed by atoms with Crippen LogP contribution < -0.4 is 10.1 Å². The van der Waals surface area contributed by atoms with Gasteiger partial charge in [0.2, 0.25) is 5.91 Å². The van der Waals surface area contributed by atoms with Gasteiger partial charge in [-0.15, -0.1) is 23.2 Å². The summed E-state index contributed by atoms with van der Waals surface area (Å²) in [6.07, 6.45) is 3.23. The van der Waals surface area contributed by atoms with E-state index < -0.39 is 0 Å². The molecule has 0 aliphatic carbocycles. The zero-order valence-corrected chi connectivity index (χ0v) is 16.1. The predicted molar refractivity (Wildman–Crippen MR) is 111 cm³/mol. The third-order valence-corrected chi connectivity index (χ3v) is 4.81. The molecule has 0 unspecified atom stereocenters. The maximum absolute atomic E-state index is 12.4. The Bertz CT molecular complexity index is 969. The number of carbonyl (C=O) groups excluding carboxylic acids is 1. The van der Waals surface area contributed by atoms with Crippen molar-refractivity contribution in [2.45, 2.75) is 32.6 Å². The van der Waals surface area contributed by atoms with Gasteiger partial charge in [0.15, 0.2) is 0 Å². The number of aromatic nitrogens is 1. The summed E-state index contributed by atoms with van der Waals surface area (Å²) in [5.41, 5.74) is 4.48. The molecule has 0 radical (unpaired) electrons. The van der Waals surface area contributed by atoms with Crippen molar-refractivity contribution < 1.29 is 9.53 Å². The van der Waals surface area contributed by atoms with Crippen LogP contribution in [0.2, 0.25) is 0 Å². The standard InChI is InChI=1S/C22H22N2O2S/c1-2-3-4-5-6-12-26-19-9-7-8-17(13-19)14-22(25)24-18-10-11-20-21(15-18)27-16-23-20/h7-11,13,15-16H,4-6,12,14H2,1H3,(H,24,25). The summed E-state index contributed by atoms with van der Waals surface area (Å²) >= 11 is 1.56. The van der Waals surface area contributed by atoms with Crippen LogP contribution in [0.5, 0.6) is 5.75 Å². The van der Waals surface area contributed by atoms with Crippen LogP contribution in [0.1, 0.15) is 31.7 Å². The molecule has 0 fully saturated rings. The number of hydrogen-bond acceptors (Lipinski definition) is 4. The monoisotopic (exact) mass is 378 g/mol. The molecule has 1 aromatic heterocycles. The van der Waals surface area contributed by atoms with Gasteiger partial charge in [-0.25, -0.2) is 4.98 Å². The van der Waals surface area contributed by atoms with Crippen molar-refractivity contribution in [1.29, 1.82) is 0 Å². The number of hydrogen-bond donors (Lipinski definition) is 1. The number of carbonyl (C=O) groups is 1. The predicted octanol–water partition coefficient (Wildman–Crippen LogP) is 5.05. The molecule has 3 aromatic rings. The fourth-order valence-electron chi connectivity index (χ4n) is 2.70. The van der Waals surface area contributed by atoms with Crippen molar-refractivity contribution in [1.82, 2.24) is 4.98 Å². The highest BCUT2D eigenvalue weighted by Crippen LogP contribution is 2.22. The van der Waals surface area contributed by atoms with Crippen molar-refractivity contribution >= 4 is 33.1 Å². The number of nitrogens with one attached hydrogen (secondary N) is 1. The molecule has 27 heavy (non-hydrogen) atoms. The Morgan fingerprint density at radius 3 is 3.04 bits per heavy atom. The number of fused-ring (bicyclic) bond motifs is 1. The van der Waals surface area contributed by atoms with Crippen LogP contribution >= 0.6 is 11.3 Å². The van der Waals surface area contributed by atoms with Gasteiger partial charge in [-0.1, -0.05) is 12.1 Å². The summed E-state index contributed by atoms with van der Waals surface area (Å²) in [4.78, 5) is 16.6. The highest BCUT2D eigenvalue weighted by atomic mass is 32.1. The molecule has 3 rings (SSSR count). The Morgan fingerprint density at radius 2 is 2.15 bits per heavy atom. The summed E-state index contributed by atoms with van der Waals surface area (Å²) < 4.78 is 6.84. The molecule has 1 amide bonds. The topological polar surface area (TPSA) is 51.2 Å². The van der Waals surface area contributed by atoms with Gasteiger partial charge in [0.05, 0.1) is 28.8 Å². The minimum absolute atomic E-state index is 0.0471. The lowest BCUT2D eigenvalue weighted by Gasteiger charge is -2.08. The van der Waals surface area contributed by atoms with E-state index in [1.54, 1.807) is 16.8 Å². The lowest BCUT2D eigenvalue weighted by molar-refractivity contribution is -0.115. The summed E-state index contributed by atoms with van der Waals surface area (Å²) in [5.74, 6) is 6.70. The van der Waals surface area contributed by atoms with Crippen molar-refractivity contribution in [3.05, 3.63) is 53.5 Å². The first-order chi connectivity index (χ1) is 13.2. The molecular weight excluding hydrogens is 356 g/mol. The van der Waals surface area contributed by atoms with E-state index >= 15 is 0 Å². The summed E-state index contributed by atoms with van der Waals surface area (Å²) in [7, 11) is 0. The molecule has 0 aliphatic rings. The maximum Gasteiger partial charge on any atom is 0.228 e. The number of anilines is 1. The number of thiazole rings is 1. The fourth-order valence-corrected chi connectivity index (χ4v) is 3.42. The number of nitrogens with zero attached hydrogens (tertiary/aromatic N) is 1. The third-order valence-electron chi connectivity index (χ3n) is 4.02. The minimum atomic E-state index is -0.0471. The molecule has 0 atom stereocenters. The molecule has 1 heterocycles. The van der Waals surface area contributed by atoms with E-state index in [0.717, 1.165) is 46.5 Å². The first kappa shape index (κ1) is 18.9. The van der Waals surface area contributed by atoms with E-state index in [-0.39, 0.29) is 5.91 Å². The Labute approximate surface area is 163 Å². The van der Waals surface area contributed by atoms with Crippen LogP contribution in [0.3, 0.4) is 0 Å². The van der Waals surface area contributed by atoms with Crippen LogP contribution in [-0.2, 0) is 11.2 Å². The van der Waals surface area contributed by atoms with Gasteiger partial charge in [-0.05, 0) is 55.7 Å². The molecular formula is C22H22N2O2S. The molecule has 138 valence electrons. The average molecular weight is 378 g/mol. The van der Waals surface area contributed by atoms with Crippen LogP contribution in [-0.4, -0.2) is 17.5 Å². The normalized spacial score (nSPS) is 10.3. The van der Waals surface area contributed by atoms with Crippen molar-refractivity contribution in [3.8, 4) is 17.6 Å². The fraction of sp³-hybridized carbons (Fsp3) is 0.273. The van der Waals surface area contributed by atoms with Crippen LogP contribution in [0.25, 0.3) is 10.2 Å². The second-order valence-corrected chi connectivity index (χ2v) is 7.03. The number of unbranched alkanes of at least 4 members (excludes halogenated alkanes) is 2. The molecule has 2 aromatic carbocycles. The van der Waals surface area contributed by atoms with Crippen LogP contribution in [0.15, 0.2) is 48.0 Å². The molecule has 0 bridgehead atoms. The summed E-state index contributed by atoms with van der Waals surface area (Å²) in [5, 5.41) is 2.95. The SMILES string of the molecule is CC#CCCCCOc1cccc(CC(=O)Nc2ccc3ncsc3c2)c1. The van der Waals surface area contributed by atoms with Gasteiger partial charge in [0, 0.05) is 12.1 Å². The lowest BCUT2D eigenvalue weighted by Crippen LogP contribution is -2.14. The quantitative estimate of drug-likeness (QED) is 0.441. The van der Waals surface area contributed by atoms with E-state index in [1.165, 1.54) is 0 Å². The van der Waals surface area contributed by atoms with Crippen LogP contribution in [0.4, 0.5) is 5.69 Å². The van der Waals surface area contributed by atoms with E-state index in [2.05, 4.69) is 22.1 Å². The number of benzene rings is 2. The number of amides is 1. The first-order valence-electron chi connectivity index (χ1n) is 8.99. The second kappa shape index (κ2) is 9.75. The Morgan fingerprint density at radius 1 is 1.22 bits per heavy atom. The molecule has 0 aliphatic heterocycles. The third kappa shape index (κ3) is 5.83. The van der Waals surface area contributed by atoms with E-state index in [0.29, 0.717) is 13.0 Å². The smallest absolute Gasteiger partial charge is 0.228 e. The van der Waals surface area contributed by atoms with Crippen LogP contribution in [0, 0.1) is 11.8 Å².